The molecule has 1 aromatic heterocycles. The number of hydrogen-bond donors (Lipinski definition) is 2. The minimum atomic E-state index is -1.07. The van der Waals surface area contributed by atoms with E-state index in [2.05, 4.69) is 10.5 Å². The number of carboxylic acid groups (broad SMARTS) is 1. The smallest absolute Gasteiger partial charge is 0.335 e. The van der Waals surface area contributed by atoms with E-state index in [1.807, 2.05) is 5.01 Å². The van der Waals surface area contributed by atoms with E-state index in [1.54, 1.807) is 41.9 Å². The Labute approximate surface area is 195 Å². The van der Waals surface area contributed by atoms with Gasteiger partial charge in [0.05, 0.1) is 22.0 Å². The maximum absolute atomic E-state index is 13.1. The lowest BCUT2D eigenvalue weighted by Gasteiger charge is -2.26. The van der Waals surface area contributed by atoms with Crippen LogP contribution in [0.2, 0.25) is 10.0 Å². The number of rotatable bonds is 5. The molecule has 7 nitrogen and oxygen atoms in total. The summed E-state index contributed by atoms with van der Waals surface area (Å²) < 4.78 is 1.64. The minimum Gasteiger partial charge on any atom is -0.478 e. The van der Waals surface area contributed by atoms with E-state index in [0.717, 1.165) is 32.4 Å². The predicted molar refractivity (Wildman–Crippen MR) is 124 cm³/mol. The standard InChI is InChI=1S/C23H22Cl2N4O3/c1-14-20(22(30)27-28-11-3-2-4-12-28)26-29(17-8-6-16(24)7-9-17)21(14)18-10-5-15(23(31)32)13-19(18)25/h5-10,13H,2-4,11-12H2,1H3,(H,27,30)(H,31,32). The number of hydrazine groups is 1. The van der Waals surface area contributed by atoms with Gasteiger partial charge < -0.3 is 5.11 Å². The molecule has 1 fully saturated rings. The number of nitrogens with zero attached hydrogens (tertiary/aromatic N) is 3. The SMILES string of the molecule is Cc1c(C(=O)NN2CCCCC2)nn(-c2ccc(Cl)cc2)c1-c1ccc(C(=O)O)cc1Cl. The van der Waals surface area contributed by atoms with E-state index in [4.69, 9.17) is 23.2 Å². The van der Waals surface area contributed by atoms with Crippen molar-refractivity contribution in [2.75, 3.05) is 13.1 Å². The van der Waals surface area contributed by atoms with E-state index in [9.17, 15) is 14.7 Å². The van der Waals surface area contributed by atoms with Gasteiger partial charge in [0.1, 0.15) is 0 Å². The summed E-state index contributed by atoms with van der Waals surface area (Å²) in [4.78, 5) is 24.4. The molecule has 1 amide bonds. The first-order valence-corrected chi connectivity index (χ1v) is 11.1. The third kappa shape index (κ3) is 4.50. The summed E-state index contributed by atoms with van der Waals surface area (Å²) in [5.41, 5.74) is 5.83. The summed E-state index contributed by atoms with van der Waals surface area (Å²) in [7, 11) is 0. The van der Waals surface area contributed by atoms with Crippen molar-refractivity contribution in [2.45, 2.75) is 26.2 Å². The van der Waals surface area contributed by atoms with Crippen LogP contribution >= 0.6 is 23.2 Å². The predicted octanol–water partition coefficient (Wildman–Crippen LogP) is 4.98. The quantitative estimate of drug-likeness (QED) is 0.546. The highest BCUT2D eigenvalue weighted by Crippen LogP contribution is 2.34. The van der Waals surface area contributed by atoms with Gasteiger partial charge in [-0.1, -0.05) is 35.7 Å². The molecule has 3 aromatic rings. The molecule has 1 aliphatic rings. The van der Waals surface area contributed by atoms with Gasteiger partial charge >= 0.3 is 5.97 Å². The van der Waals surface area contributed by atoms with Crippen molar-refractivity contribution in [3.63, 3.8) is 0 Å². The molecule has 2 N–H and O–H groups in total. The van der Waals surface area contributed by atoms with Crippen LogP contribution in [0.4, 0.5) is 0 Å². The highest BCUT2D eigenvalue weighted by Gasteiger charge is 2.25. The van der Waals surface area contributed by atoms with Gasteiger partial charge in [0.15, 0.2) is 5.69 Å². The van der Waals surface area contributed by atoms with Crippen molar-refractivity contribution in [1.29, 1.82) is 0 Å². The Hall–Kier alpha value is -2.87. The summed E-state index contributed by atoms with van der Waals surface area (Å²) in [6.07, 6.45) is 3.23. The zero-order valence-corrected chi connectivity index (χ0v) is 19.0. The molecule has 0 atom stereocenters. The second kappa shape index (κ2) is 9.32. The Kier molecular flexibility index (Phi) is 6.50. The fourth-order valence-electron chi connectivity index (χ4n) is 3.84. The zero-order chi connectivity index (χ0) is 22.8. The average molecular weight is 473 g/mol. The van der Waals surface area contributed by atoms with E-state index < -0.39 is 5.97 Å². The second-order valence-electron chi connectivity index (χ2n) is 7.70. The van der Waals surface area contributed by atoms with E-state index in [1.165, 1.54) is 12.1 Å². The lowest BCUT2D eigenvalue weighted by atomic mass is 10.0. The lowest BCUT2D eigenvalue weighted by molar-refractivity contribution is 0.0695. The Morgan fingerprint density at radius 3 is 2.34 bits per heavy atom. The number of aromatic carboxylic acids is 1. The van der Waals surface area contributed by atoms with Gasteiger partial charge in [-0.15, -0.1) is 0 Å². The van der Waals surface area contributed by atoms with E-state index in [-0.39, 0.29) is 22.2 Å². The molecule has 2 aromatic carbocycles. The van der Waals surface area contributed by atoms with Crippen molar-refractivity contribution in [2.24, 2.45) is 0 Å². The number of carbonyl (C=O) groups is 2. The molecular weight excluding hydrogens is 451 g/mol. The van der Waals surface area contributed by atoms with Gasteiger partial charge in [0, 0.05) is 29.2 Å². The summed E-state index contributed by atoms with van der Waals surface area (Å²) in [6, 6.07) is 11.6. The Morgan fingerprint density at radius 2 is 1.72 bits per heavy atom. The minimum absolute atomic E-state index is 0.0806. The van der Waals surface area contributed by atoms with Gasteiger partial charge in [0.2, 0.25) is 0 Å². The second-order valence-corrected chi connectivity index (χ2v) is 8.54. The molecule has 4 rings (SSSR count). The number of carboxylic acids is 1. The van der Waals surface area contributed by atoms with Crippen molar-refractivity contribution < 1.29 is 14.7 Å². The molecule has 0 aliphatic carbocycles. The Morgan fingerprint density at radius 1 is 1.03 bits per heavy atom. The molecule has 0 saturated carbocycles. The first-order valence-electron chi connectivity index (χ1n) is 10.3. The largest absolute Gasteiger partial charge is 0.478 e. The summed E-state index contributed by atoms with van der Waals surface area (Å²) in [5, 5.41) is 16.6. The summed E-state index contributed by atoms with van der Waals surface area (Å²) in [6.45, 7) is 3.41. The number of nitrogens with one attached hydrogen (secondary N) is 1. The number of benzene rings is 2. The number of halogens is 2. The lowest BCUT2D eigenvalue weighted by Crippen LogP contribution is -2.45. The number of aromatic nitrogens is 2. The molecule has 0 unspecified atom stereocenters. The molecule has 9 heteroatoms. The zero-order valence-electron chi connectivity index (χ0n) is 17.4. The molecule has 0 bridgehead atoms. The number of carbonyl (C=O) groups excluding carboxylic acids is 1. The van der Waals surface area contributed by atoms with Crippen LogP contribution < -0.4 is 5.43 Å². The van der Waals surface area contributed by atoms with E-state index in [0.29, 0.717) is 27.5 Å². The number of piperidine rings is 1. The van der Waals surface area contributed by atoms with Crippen molar-refractivity contribution in [3.05, 3.63) is 69.3 Å². The number of amides is 1. The first kappa shape index (κ1) is 22.3. The van der Waals surface area contributed by atoms with E-state index >= 15 is 0 Å². The summed E-state index contributed by atoms with van der Waals surface area (Å²) in [5.74, 6) is -1.36. The monoisotopic (exact) mass is 472 g/mol. The van der Waals surface area contributed by atoms with Gasteiger partial charge in [-0.25, -0.2) is 14.5 Å². The van der Waals surface area contributed by atoms with Gasteiger partial charge in [-0.3, -0.25) is 10.2 Å². The first-order chi connectivity index (χ1) is 15.3. The van der Waals surface area contributed by atoms with Crippen LogP contribution in [0, 0.1) is 6.92 Å². The van der Waals surface area contributed by atoms with Crippen molar-refractivity contribution in [3.8, 4) is 16.9 Å². The Balaban J connectivity index is 1.81. The molecule has 2 heterocycles. The fourth-order valence-corrected chi connectivity index (χ4v) is 4.24. The fraction of sp³-hybridized carbons (Fsp3) is 0.261. The summed E-state index contributed by atoms with van der Waals surface area (Å²) >= 11 is 12.5. The van der Waals surface area contributed by atoms with Crippen LogP contribution in [0.1, 0.15) is 45.7 Å². The number of hydrogen-bond acceptors (Lipinski definition) is 4. The topological polar surface area (TPSA) is 87.5 Å². The normalized spacial score (nSPS) is 14.3. The van der Waals surface area contributed by atoms with Crippen molar-refractivity contribution >= 4 is 35.1 Å². The van der Waals surface area contributed by atoms with Crippen molar-refractivity contribution in [1.82, 2.24) is 20.2 Å². The van der Waals surface area contributed by atoms with Gasteiger partial charge in [0.25, 0.3) is 5.91 Å². The van der Waals surface area contributed by atoms with Crippen LogP contribution in [0.5, 0.6) is 0 Å². The molecule has 0 spiro atoms. The van der Waals surface area contributed by atoms with Gasteiger partial charge in [-0.05, 0) is 56.2 Å². The molecule has 1 saturated heterocycles. The third-order valence-corrected chi connectivity index (χ3v) is 6.06. The molecular formula is C23H22Cl2N4O3. The maximum Gasteiger partial charge on any atom is 0.335 e. The highest BCUT2D eigenvalue weighted by molar-refractivity contribution is 6.33. The third-order valence-electron chi connectivity index (χ3n) is 5.50. The Bertz CT molecular complexity index is 1170. The van der Waals surface area contributed by atoms with Crippen LogP contribution in [0.3, 0.4) is 0 Å². The average Bonchev–Trinajstić information content (AvgIpc) is 3.12. The van der Waals surface area contributed by atoms with Crippen LogP contribution in [0.25, 0.3) is 16.9 Å². The molecule has 0 radical (unpaired) electrons. The molecule has 166 valence electrons. The van der Waals surface area contributed by atoms with Gasteiger partial charge in [-0.2, -0.15) is 5.10 Å². The highest BCUT2D eigenvalue weighted by atomic mass is 35.5. The van der Waals surface area contributed by atoms with Crippen LogP contribution in [-0.4, -0.2) is 44.9 Å². The molecule has 1 aliphatic heterocycles. The maximum atomic E-state index is 13.1. The van der Waals surface area contributed by atoms with Crippen LogP contribution in [-0.2, 0) is 0 Å². The van der Waals surface area contributed by atoms with Crippen LogP contribution in [0.15, 0.2) is 42.5 Å². The molecule has 32 heavy (non-hydrogen) atoms.